The van der Waals surface area contributed by atoms with Gasteiger partial charge in [0.2, 0.25) is 10.0 Å². The maximum atomic E-state index is 13.3. The normalized spacial score (nSPS) is 21.5. The summed E-state index contributed by atoms with van der Waals surface area (Å²) >= 11 is 0. The van der Waals surface area contributed by atoms with Gasteiger partial charge in [0.1, 0.15) is 5.75 Å². The van der Waals surface area contributed by atoms with Crippen LogP contribution in [-0.2, 0) is 14.8 Å². The zero-order chi connectivity index (χ0) is 18.9. The van der Waals surface area contributed by atoms with Crippen molar-refractivity contribution in [2.24, 2.45) is 0 Å². The fraction of sp³-hybridized carbons (Fsp3) is 0.400. The Bertz CT molecular complexity index is 877. The maximum Gasteiger partial charge on any atom is 0.243 e. The number of morpholine rings is 1. The van der Waals surface area contributed by atoms with E-state index in [1.807, 2.05) is 57.2 Å². The van der Waals surface area contributed by atoms with E-state index < -0.39 is 10.0 Å². The Kier molecular flexibility index (Phi) is 5.37. The fourth-order valence-electron chi connectivity index (χ4n) is 3.30. The molecule has 0 aromatic heterocycles. The molecular formula is C20H25NO4S. The van der Waals surface area contributed by atoms with Gasteiger partial charge in [0.05, 0.1) is 24.7 Å². The molecule has 1 aliphatic rings. The van der Waals surface area contributed by atoms with Gasteiger partial charge in [-0.2, -0.15) is 4.31 Å². The molecule has 0 bridgehead atoms. The van der Waals surface area contributed by atoms with Crippen molar-refractivity contribution >= 4 is 10.0 Å². The quantitative estimate of drug-likeness (QED) is 0.821. The van der Waals surface area contributed by atoms with Crippen molar-refractivity contribution in [3.05, 3.63) is 59.2 Å². The first-order chi connectivity index (χ1) is 12.3. The summed E-state index contributed by atoms with van der Waals surface area (Å²) in [6.07, 6.45) is -0.294. The van der Waals surface area contributed by atoms with Crippen LogP contribution in [0.25, 0.3) is 0 Å². The van der Waals surface area contributed by atoms with Gasteiger partial charge in [-0.05, 0) is 50.1 Å². The zero-order valence-electron chi connectivity index (χ0n) is 15.6. The highest BCUT2D eigenvalue weighted by Gasteiger charge is 2.36. The minimum Gasteiger partial charge on any atom is -0.497 e. The molecule has 0 aliphatic carbocycles. The third-order valence-corrected chi connectivity index (χ3v) is 6.92. The highest BCUT2D eigenvalue weighted by Crippen LogP contribution is 2.31. The van der Waals surface area contributed by atoms with Gasteiger partial charge in [0.15, 0.2) is 0 Å². The molecule has 6 heteroatoms. The Morgan fingerprint density at radius 2 is 1.81 bits per heavy atom. The van der Waals surface area contributed by atoms with Crippen LogP contribution in [-0.4, -0.2) is 39.0 Å². The second kappa shape index (κ2) is 7.39. The molecule has 3 rings (SSSR count). The smallest absolute Gasteiger partial charge is 0.243 e. The van der Waals surface area contributed by atoms with Gasteiger partial charge >= 0.3 is 0 Å². The number of aryl methyl sites for hydroxylation is 2. The van der Waals surface area contributed by atoms with Crippen molar-refractivity contribution in [1.82, 2.24) is 4.31 Å². The fourth-order valence-corrected chi connectivity index (χ4v) is 5.13. The van der Waals surface area contributed by atoms with Gasteiger partial charge in [-0.15, -0.1) is 0 Å². The van der Waals surface area contributed by atoms with Crippen LogP contribution in [0.3, 0.4) is 0 Å². The Labute approximate surface area is 155 Å². The Morgan fingerprint density at radius 3 is 2.42 bits per heavy atom. The largest absolute Gasteiger partial charge is 0.497 e. The Hall–Kier alpha value is -1.89. The van der Waals surface area contributed by atoms with Crippen LogP contribution in [0.5, 0.6) is 5.75 Å². The topological polar surface area (TPSA) is 55.8 Å². The molecule has 2 aromatic carbocycles. The lowest BCUT2D eigenvalue weighted by Crippen LogP contribution is -2.48. The van der Waals surface area contributed by atoms with Crippen molar-refractivity contribution in [2.75, 3.05) is 20.3 Å². The van der Waals surface area contributed by atoms with Gasteiger partial charge in [-0.25, -0.2) is 8.42 Å². The lowest BCUT2D eigenvalue weighted by atomic mass is 10.1. The van der Waals surface area contributed by atoms with Gasteiger partial charge in [-0.1, -0.05) is 29.8 Å². The van der Waals surface area contributed by atoms with Crippen LogP contribution in [0.15, 0.2) is 47.4 Å². The van der Waals surface area contributed by atoms with Crippen LogP contribution >= 0.6 is 0 Å². The minimum atomic E-state index is -3.58. The van der Waals surface area contributed by atoms with Crippen LogP contribution in [0.4, 0.5) is 0 Å². The molecule has 1 heterocycles. The lowest BCUT2D eigenvalue weighted by Gasteiger charge is -2.37. The van der Waals surface area contributed by atoms with Crippen molar-refractivity contribution in [3.8, 4) is 5.75 Å². The average molecular weight is 375 g/mol. The molecule has 0 N–H and O–H groups in total. The monoisotopic (exact) mass is 375 g/mol. The van der Waals surface area contributed by atoms with Gasteiger partial charge in [0, 0.05) is 12.6 Å². The van der Waals surface area contributed by atoms with E-state index in [1.165, 1.54) is 0 Å². The molecule has 2 unspecified atom stereocenters. The molecule has 140 valence electrons. The summed E-state index contributed by atoms with van der Waals surface area (Å²) in [7, 11) is -1.97. The number of rotatable bonds is 4. The molecular weight excluding hydrogens is 350 g/mol. The summed E-state index contributed by atoms with van der Waals surface area (Å²) in [6.45, 7) is 6.34. The second-order valence-corrected chi connectivity index (χ2v) is 8.65. The van der Waals surface area contributed by atoms with Crippen LogP contribution in [0.2, 0.25) is 0 Å². The van der Waals surface area contributed by atoms with E-state index in [0.29, 0.717) is 18.0 Å². The van der Waals surface area contributed by atoms with Crippen molar-refractivity contribution in [3.63, 3.8) is 0 Å². The van der Waals surface area contributed by atoms with Crippen LogP contribution in [0.1, 0.15) is 29.7 Å². The Balaban J connectivity index is 1.89. The molecule has 2 atom stereocenters. The van der Waals surface area contributed by atoms with E-state index in [2.05, 4.69) is 0 Å². The van der Waals surface area contributed by atoms with Crippen molar-refractivity contribution < 1.29 is 17.9 Å². The molecule has 0 amide bonds. The number of ether oxygens (including phenoxy) is 2. The predicted molar refractivity (Wildman–Crippen MR) is 101 cm³/mol. The van der Waals surface area contributed by atoms with E-state index in [-0.39, 0.29) is 12.1 Å². The Morgan fingerprint density at radius 1 is 1.12 bits per heavy atom. The lowest BCUT2D eigenvalue weighted by molar-refractivity contribution is -0.0288. The third kappa shape index (κ3) is 3.63. The number of hydrogen-bond donors (Lipinski definition) is 0. The molecule has 5 nitrogen and oxygen atoms in total. The van der Waals surface area contributed by atoms with Crippen LogP contribution in [0, 0.1) is 13.8 Å². The molecule has 0 radical (unpaired) electrons. The second-order valence-electron chi connectivity index (χ2n) is 6.79. The highest BCUT2D eigenvalue weighted by atomic mass is 32.2. The van der Waals surface area contributed by atoms with E-state index in [1.54, 1.807) is 17.5 Å². The molecule has 2 aromatic rings. The first-order valence-electron chi connectivity index (χ1n) is 8.67. The summed E-state index contributed by atoms with van der Waals surface area (Å²) in [5.41, 5.74) is 2.76. The molecule has 0 spiro atoms. The molecule has 1 aliphatic heterocycles. The van der Waals surface area contributed by atoms with Crippen molar-refractivity contribution in [1.29, 1.82) is 0 Å². The number of methoxy groups -OCH3 is 1. The first-order valence-corrected chi connectivity index (χ1v) is 10.1. The first kappa shape index (κ1) is 18.9. The standard InChI is InChI=1S/C20H25NO4S/c1-14-5-10-20(15(2)11-14)26(22,23)21-12-19(25-13-16(21)3)17-6-8-18(24-4)9-7-17/h5-11,16,19H,12-13H2,1-4H3. The van der Waals surface area contributed by atoms with E-state index in [9.17, 15) is 8.42 Å². The molecule has 0 saturated carbocycles. The molecule has 26 heavy (non-hydrogen) atoms. The summed E-state index contributed by atoms with van der Waals surface area (Å²) in [5.74, 6) is 0.762. The van der Waals surface area contributed by atoms with Gasteiger partial charge < -0.3 is 9.47 Å². The summed E-state index contributed by atoms with van der Waals surface area (Å²) in [6, 6.07) is 12.8. The summed E-state index contributed by atoms with van der Waals surface area (Å²) in [5, 5.41) is 0. The number of hydrogen-bond acceptors (Lipinski definition) is 4. The van der Waals surface area contributed by atoms with E-state index in [4.69, 9.17) is 9.47 Å². The van der Waals surface area contributed by atoms with Gasteiger partial charge in [-0.3, -0.25) is 0 Å². The predicted octanol–water partition coefficient (Wildman–Crippen LogP) is 3.46. The van der Waals surface area contributed by atoms with Crippen molar-refractivity contribution in [2.45, 2.75) is 37.8 Å². The van der Waals surface area contributed by atoms with E-state index >= 15 is 0 Å². The van der Waals surface area contributed by atoms with Crippen LogP contribution < -0.4 is 4.74 Å². The molecule has 1 saturated heterocycles. The SMILES string of the molecule is COc1ccc(C2CN(S(=O)(=O)c3ccc(C)cc3C)C(C)CO2)cc1. The minimum absolute atomic E-state index is 0.213. The number of benzene rings is 2. The molecule has 1 fully saturated rings. The maximum absolute atomic E-state index is 13.3. The highest BCUT2D eigenvalue weighted by molar-refractivity contribution is 7.89. The van der Waals surface area contributed by atoms with E-state index in [0.717, 1.165) is 22.4 Å². The number of nitrogens with zero attached hydrogens (tertiary/aromatic N) is 1. The number of sulfonamides is 1. The van der Waals surface area contributed by atoms with Gasteiger partial charge in [0.25, 0.3) is 0 Å². The summed E-state index contributed by atoms with van der Waals surface area (Å²) < 4.78 is 39.2. The average Bonchev–Trinajstić information content (AvgIpc) is 2.61. The third-order valence-electron chi connectivity index (χ3n) is 4.78. The zero-order valence-corrected chi connectivity index (χ0v) is 16.4. The summed E-state index contributed by atoms with van der Waals surface area (Å²) in [4.78, 5) is 0.366.